The number of hydrogen-bond acceptors (Lipinski definition) is 7. The molecule has 1 aromatic heterocycles. The predicted octanol–water partition coefficient (Wildman–Crippen LogP) is 4.86. The van der Waals surface area contributed by atoms with Crippen molar-refractivity contribution in [2.45, 2.75) is 76.7 Å². The number of aromatic nitrogens is 1. The fraction of sp³-hybridized carbons (Fsp3) is 0.607. The first-order valence-electron chi connectivity index (χ1n) is 13.3. The van der Waals surface area contributed by atoms with Crippen LogP contribution in [0.2, 0.25) is 0 Å². The van der Waals surface area contributed by atoms with Crippen LogP contribution >= 0.6 is 0 Å². The van der Waals surface area contributed by atoms with E-state index in [9.17, 15) is 13.2 Å². The van der Waals surface area contributed by atoms with Crippen molar-refractivity contribution in [1.82, 2.24) is 10.3 Å². The van der Waals surface area contributed by atoms with Gasteiger partial charge in [0.2, 0.25) is 5.91 Å². The van der Waals surface area contributed by atoms with Gasteiger partial charge in [-0.1, -0.05) is 52.2 Å². The van der Waals surface area contributed by atoms with Gasteiger partial charge in [0.25, 0.3) is 0 Å². The van der Waals surface area contributed by atoms with Crippen molar-refractivity contribution < 1.29 is 19.1 Å². The second-order valence-corrected chi connectivity index (χ2v) is 13.8. The summed E-state index contributed by atoms with van der Waals surface area (Å²) < 4.78 is 28.6. The Morgan fingerprint density at radius 3 is 2.27 bits per heavy atom. The van der Waals surface area contributed by atoms with Crippen LogP contribution in [0, 0.1) is 17.2 Å². The Morgan fingerprint density at radius 1 is 1.14 bits per heavy atom. The molecule has 1 saturated heterocycles. The summed E-state index contributed by atoms with van der Waals surface area (Å²) >= 11 is 0. The van der Waals surface area contributed by atoms with E-state index in [1.165, 1.54) is 6.42 Å². The molecule has 37 heavy (non-hydrogen) atoms. The van der Waals surface area contributed by atoms with Crippen molar-refractivity contribution in [3.05, 3.63) is 36.4 Å². The number of nitrogens with one attached hydrogen (secondary N) is 1. The number of oxazole rings is 1. The van der Waals surface area contributed by atoms with Gasteiger partial charge < -0.3 is 14.6 Å². The summed E-state index contributed by atoms with van der Waals surface area (Å²) in [4.78, 5) is 18.4. The summed E-state index contributed by atoms with van der Waals surface area (Å²) in [5.41, 5.74) is 2.27. The lowest BCUT2D eigenvalue weighted by Crippen LogP contribution is -2.40. The number of hydrogen-bond donors (Lipinski definition) is 1. The fourth-order valence-corrected chi connectivity index (χ4v) is 5.86. The van der Waals surface area contributed by atoms with Crippen molar-refractivity contribution in [3.8, 4) is 17.3 Å². The van der Waals surface area contributed by atoms with Crippen LogP contribution in [0.1, 0.15) is 73.0 Å². The molecule has 0 atom stereocenters. The van der Waals surface area contributed by atoms with E-state index in [4.69, 9.17) is 9.68 Å². The normalized spacial score (nSPS) is 20.8. The minimum absolute atomic E-state index is 0. The number of nitrogens with zero attached hydrogens (tertiary/aromatic N) is 3. The first kappa shape index (κ1) is 27.2. The number of sulfone groups is 1. The summed E-state index contributed by atoms with van der Waals surface area (Å²) in [5.74, 6) is 1.47. The predicted molar refractivity (Wildman–Crippen MR) is 146 cm³/mol. The quantitative estimate of drug-likeness (QED) is 0.602. The maximum Gasteiger partial charge on any atom is 0.224 e. The highest BCUT2D eigenvalue weighted by Crippen LogP contribution is 2.35. The van der Waals surface area contributed by atoms with Crippen molar-refractivity contribution in [2.75, 3.05) is 29.5 Å². The van der Waals surface area contributed by atoms with E-state index < -0.39 is 15.4 Å². The molecule has 2 aliphatic carbocycles. The first-order valence-corrected chi connectivity index (χ1v) is 15.1. The Morgan fingerprint density at radius 2 is 1.76 bits per heavy atom. The standard InChI is InChI=1S/C17H22N2O3S.C11H16N2O.H2/c1-17(2,3)16-18-15(12-22-16)13-4-6-14(7-5-13)19-8-10-23(20,21)11-9-19;12-8-11(6-7-11)13-10(14)9-4-2-1-3-5-9;/h4-7,12H,8-11H2,1-3H3;9H,1-7H2,(H,13,14);1H. The average Bonchev–Trinajstić information content (AvgIpc) is 3.46. The van der Waals surface area contributed by atoms with Gasteiger partial charge in [-0.3, -0.25) is 4.79 Å². The molecular formula is C28H40N4O4S. The average molecular weight is 529 g/mol. The third kappa shape index (κ3) is 7.13. The second kappa shape index (κ2) is 10.9. The van der Waals surface area contributed by atoms with Gasteiger partial charge in [-0.05, 0) is 37.8 Å². The third-order valence-electron chi connectivity index (χ3n) is 7.32. The number of nitriles is 1. The van der Waals surface area contributed by atoms with E-state index >= 15 is 0 Å². The SMILES string of the molecule is CC(C)(C)c1nc(-c2ccc(N3CCS(=O)(=O)CC3)cc2)co1.N#CC1(NC(=O)C2CCCCC2)CC1.[HH]. The molecule has 9 heteroatoms. The van der Waals surface area contributed by atoms with Crippen LogP contribution in [0.25, 0.3) is 11.3 Å². The molecule has 1 aliphatic heterocycles. The van der Waals surface area contributed by atoms with E-state index in [1.807, 2.05) is 24.3 Å². The van der Waals surface area contributed by atoms with Gasteiger partial charge in [0, 0.05) is 37.1 Å². The smallest absolute Gasteiger partial charge is 0.224 e. The number of benzene rings is 1. The molecule has 3 fully saturated rings. The zero-order valence-electron chi connectivity index (χ0n) is 22.1. The Kier molecular flexibility index (Phi) is 7.98. The molecular weight excluding hydrogens is 488 g/mol. The lowest BCUT2D eigenvalue weighted by atomic mass is 9.88. The van der Waals surface area contributed by atoms with E-state index in [1.54, 1.807) is 6.26 Å². The van der Waals surface area contributed by atoms with Crippen LogP contribution in [0.3, 0.4) is 0 Å². The maximum absolute atomic E-state index is 11.8. The summed E-state index contributed by atoms with van der Waals surface area (Å²) in [6.45, 7) is 7.31. The van der Waals surface area contributed by atoms with Crippen LogP contribution in [0.5, 0.6) is 0 Å². The summed E-state index contributed by atoms with van der Waals surface area (Å²) in [6.07, 6.45) is 8.95. The van der Waals surface area contributed by atoms with Crippen molar-refractivity contribution in [3.63, 3.8) is 0 Å². The first-order chi connectivity index (χ1) is 17.5. The number of carbonyl (C=O) groups is 1. The zero-order valence-corrected chi connectivity index (χ0v) is 22.9. The van der Waals surface area contributed by atoms with Gasteiger partial charge >= 0.3 is 0 Å². The molecule has 0 bridgehead atoms. The van der Waals surface area contributed by atoms with Gasteiger partial charge in [-0.2, -0.15) is 5.26 Å². The molecule has 0 spiro atoms. The monoisotopic (exact) mass is 528 g/mol. The number of anilines is 1. The Balaban J connectivity index is 0.000000229. The molecule has 1 amide bonds. The van der Waals surface area contributed by atoms with Gasteiger partial charge in [-0.15, -0.1) is 0 Å². The van der Waals surface area contributed by atoms with Crippen molar-refractivity contribution in [2.24, 2.45) is 5.92 Å². The van der Waals surface area contributed by atoms with Gasteiger partial charge in [-0.25, -0.2) is 13.4 Å². The van der Waals surface area contributed by atoms with Crippen LogP contribution < -0.4 is 10.2 Å². The van der Waals surface area contributed by atoms with Gasteiger partial charge in [0.05, 0.1) is 17.6 Å². The summed E-state index contributed by atoms with van der Waals surface area (Å²) in [6, 6.07) is 10.2. The third-order valence-corrected chi connectivity index (χ3v) is 8.93. The molecule has 0 unspecified atom stereocenters. The zero-order chi connectivity index (χ0) is 26.7. The molecule has 2 heterocycles. The Bertz CT molecular complexity index is 1220. The van der Waals surface area contributed by atoms with Crippen LogP contribution in [-0.2, 0) is 20.0 Å². The number of rotatable bonds is 4. The molecule has 2 aromatic rings. The number of amides is 1. The minimum atomic E-state index is -2.85. The Hall–Kier alpha value is -2.86. The molecule has 0 radical (unpaired) electrons. The number of carbonyl (C=O) groups excluding carboxylic acids is 1. The lowest BCUT2D eigenvalue weighted by molar-refractivity contribution is -0.126. The second-order valence-electron chi connectivity index (χ2n) is 11.5. The van der Waals surface area contributed by atoms with E-state index in [2.05, 4.69) is 42.0 Å². The topological polar surface area (TPSA) is 116 Å². The summed E-state index contributed by atoms with van der Waals surface area (Å²) in [7, 11) is -2.85. The minimum Gasteiger partial charge on any atom is -0.448 e. The molecule has 2 saturated carbocycles. The molecule has 1 aromatic carbocycles. The highest BCUT2D eigenvalue weighted by Gasteiger charge is 2.45. The molecule has 202 valence electrons. The van der Waals surface area contributed by atoms with Crippen LogP contribution in [0.15, 0.2) is 34.9 Å². The highest BCUT2D eigenvalue weighted by molar-refractivity contribution is 7.91. The van der Waals surface area contributed by atoms with Crippen LogP contribution in [-0.4, -0.2) is 49.4 Å². The summed E-state index contributed by atoms with van der Waals surface area (Å²) in [5, 5.41) is 11.7. The molecule has 8 nitrogen and oxygen atoms in total. The largest absolute Gasteiger partial charge is 0.448 e. The highest BCUT2D eigenvalue weighted by atomic mass is 32.2. The van der Waals surface area contributed by atoms with Crippen LogP contribution in [0.4, 0.5) is 5.69 Å². The van der Waals surface area contributed by atoms with Gasteiger partial charge in [0.1, 0.15) is 17.5 Å². The van der Waals surface area contributed by atoms with E-state index in [-0.39, 0.29) is 30.2 Å². The van der Waals surface area contributed by atoms with Gasteiger partial charge in [0.15, 0.2) is 15.7 Å². The molecule has 3 aliphatic rings. The van der Waals surface area contributed by atoms with Crippen molar-refractivity contribution in [1.29, 1.82) is 5.26 Å². The molecule has 1 N–H and O–H groups in total. The van der Waals surface area contributed by atoms with E-state index in [0.29, 0.717) is 13.1 Å². The fourth-order valence-electron chi connectivity index (χ4n) is 4.66. The van der Waals surface area contributed by atoms with Crippen molar-refractivity contribution >= 4 is 21.4 Å². The Labute approximate surface area is 221 Å². The van der Waals surface area contributed by atoms with E-state index in [0.717, 1.165) is 61.4 Å². The molecule has 5 rings (SSSR count). The maximum atomic E-state index is 11.8. The lowest BCUT2D eigenvalue weighted by Gasteiger charge is -2.28.